The van der Waals surface area contributed by atoms with Crippen LogP contribution in [0.15, 0.2) is 78.9 Å². The van der Waals surface area contributed by atoms with Crippen molar-refractivity contribution in [3.05, 3.63) is 95.8 Å². The highest BCUT2D eigenvalue weighted by molar-refractivity contribution is 6.07. The summed E-state index contributed by atoms with van der Waals surface area (Å²) in [6, 6.07) is 21.2. The molecule has 3 aromatic rings. The Morgan fingerprint density at radius 2 is 1.71 bits per heavy atom. The van der Waals surface area contributed by atoms with Crippen LogP contribution < -0.4 is 0 Å². The van der Waals surface area contributed by atoms with Gasteiger partial charge >= 0.3 is 0 Å². The van der Waals surface area contributed by atoms with Gasteiger partial charge in [0.05, 0.1) is 0 Å². The van der Waals surface area contributed by atoms with Gasteiger partial charge in [0.25, 0.3) is 5.91 Å². The Labute approximate surface area is 201 Å². The largest absolute Gasteiger partial charge is 0.338 e. The molecule has 0 spiro atoms. The van der Waals surface area contributed by atoms with Crippen molar-refractivity contribution in [3.8, 4) is 0 Å². The molecule has 2 aliphatic rings. The van der Waals surface area contributed by atoms with Crippen molar-refractivity contribution in [2.24, 2.45) is 11.8 Å². The number of halogens is 1. The zero-order valence-electron chi connectivity index (χ0n) is 19.9. The van der Waals surface area contributed by atoms with Crippen molar-refractivity contribution < 1.29 is 9.18 Å². The first-order valence-electron chi connectivity index (χ1n) is 12.5. The normalized spacial score (nSPS) is 22.1. The number of amides is 1. The minimum Gasteiger partial charge on any atom is -0.338 e. The minimum atomic E-state index is -0.167. The molecule has 4 heteroatoms. The van der Waals surface area contributed by atoms with Crippen LogP contribution in [-0.4, -0.2) is 48.4 Å². The lowest BCUT2D eigenvalue weighted by molar-refractivity contribution is 0.0783. The fraction of sp³-hybridized carbons (Fsp3) is 0.367. The van der Waals surface area contributed by atoms with Gasteiger partial charge in [0.15, 0.2) is 0 Å². The molecule has 34 heavy (non-hydrogen) atoms. The van der Waals surface area contributed by atoms with Crippen LogP contribution >= 0.6 is 0 Å². The topological polar surface area (TPSA) is 23.6 Å². The first kappa shape index (κ1) is 22.8. The van der Waals surface area contributed by atoms with Crippen molar-refractivity contribution in [1.82, 2.24) is 9.80 Å². The van der Waals surface area contributed by atoms with E-state index in [1.807, 2.05) is 42.5 Å². The number of carbonyl (C=O) groups excluding carboxylic acids is 1. The van der Waals surface area contributed by atoms with Gasteiger partial charge in [-0.25, -0.2) is 4.39 Å². The lowest BCUT2D eigenvalue weighted by Crippen LogP contribution is -2.38. The fourth-order valence-corrected chi connectivity index (χ4v) is 5.82. The van der Waals surface area contributed by atoms with Gasteiger partial charge in [-0.2, -0.15) is 0 Å². The van der Waals surface area contributed by atoms with E-state index in [2.05, 4.69) is 41.0 Å². The van der Waals surface area contributed by atoms with Crippen molar-refractivity contribution in [2.75, 3.05) is 32.7 Å². The summed E-state index contributed by atoms with van der Waals surface area (Å²) in [5, 5.41) is 2.14. The molecule has 5 rings (SSSR count). The predicted octanol–water partition coefficient (Wildman–Crippen LogP) is 6.12. The molecular weight excluding hydrogens is 423 g/mol. The van der Waals surface area contributed by atoms with Gasteiger partial charge in [0.1, 0.15) is 5.82 Å². The number of hydrogen-bond acceptors (Lipinski definition) is 2. The molecule has 1 unspecified atom stereocenters. The molecule has 0 aliphatic carbocycles. The molecule has 0 saturated carbocycles. The third-order valence-electron chi connectivity index (χ3n) is 7.66. The highest BCUT2D eigenvalue weighted by atomic mass is 19.1. The third-order valence-corrected chi connectivity index (χ3v) is 7.66. The number of likely N-dealkylation sites (tertiary alicyclic amines) is 2. The molecule has 176 valence electrons. The second-order valence-corrected chi connectivity index (χ2v) is 9.81. The summed E-state index contributed by atoms with van der Waals surface area (Å²) >= 11 is 0. The van der Waals surface area contributed by atoms with E-state index >= 15 is 0 Å². The molecule has 2 aliphatic heterocycles. The van der Waals surface area contributed by atoms with Crippen LogP contribution in [0.2, 0.25) is 0 Å². The quantitative estimate of drug-likeness (QED) is 0.432. The molecule has 0 bridgehead atoms. The van der Waals surface area contributed by atoms with Crippen molar-refractivity contribution >= 4 is 16.7 Å². The maximum atomic E-state index is 13.5. The van der Waals surface area contributed by atoms with Gasteiger partial charge in [-0.1, -0.05) is 60.7 Å². The highest BCUT2D eigenvalue weighted by Gasteiger charge is 2.36. The van der Waals surface area contributed by atoms with Crippen LogP contribution in [-0.2, 0) is 0 Å². The molecule has 0 N–H and O–H groups in total. The lowest BCUT2D eigenvalue weighted by Gasteiger charge is -2.34. The van der Waals surface area contributed by atoms with Crippen LogP contribution in [0, 0.1) is 17.7 Å². The van der Waals surface area contributed by atoms with E-state index in [9.17, 15) is 9.18 Å². The summed E-state index contributed by atoms with van der Waals surface area (Å²) in [5.41, 5.74) is 2.05. The Kier molecular flexibility index (Phi) is 6.77. The number of nitrogens with zero attached hydrogens (tertiary/aromatic N) is 2. The number of benzene rings is 3. The van der Waals surface area contributed by atoms with E-state index in [1.54, 1.807) is 12.1 Å². The molecule has 2 fully saturated rings. The fourth-order valence-electron chi connectivity index (χ4n) is 5.82. The first-order valence-corrected chi connectivity index (χ1v) is 12.5. The van der Waals surface area contributed by atoms with Crippen molar-refractivity contribution in [3.63, 3.8) is 0 Å². The SMILES string of the molecule is C/C=C\[C@@H]1CN(C(=O)c2cccc3ccccc23)CC1CN1CCC(c2ccc(F)cc2)CC1. The number of hydrogen-bond donors (Lipinski definition) is 0. The summed E-state index contributed by atoms with van der Waals surface area (Å²) in [6.45, 7) is 6.78. The number of rotatable bonds is 5. The Hall–Kier alpha value is -2.98. The predicted molar refractivity (Wildman–Crippen MR) is 136 cm³/mol. The average Bonchev–Trinajstić information content (AvgIpc) is 3.26. The molecule has 0 radical (unpaired) electrons. The van der Waals surface area contributed by atoms with Gasteiger partial charge in [-0.3, -0.25) is 4.79 Å². The standard InChI is InChI=1S/C30H33FN2O/c1-2-6-25-20-33(30(34)29-10-5-8-24-7-3-4-9-28(24)29)21-26(25)19-32-17-15-23(16-18-32)22-11-13-27(31)14-12-22/h2-14,23,25-26H,15-21H2,1H3/b6-2-/t25-,26?/m1/s1. The van der Waals surface area contributed by atoms with E-state index in [1.165, 1.54) is 5.56 Å². The van der Waals surface area contributed by atoms with Gasteiger partial charge < -0.3 is 9.80 Å². The molecule has 1 amide bonds. The number of fused-ring (bicyclic) bond motifs is 1. The van der Waals surface area contributed by atoms with E-state index in [0.717, 1.165) is 61.9 Å². The lowest BCUT2D eigenvalue weighted by atomic mass is 9.88. The Morgan fingerprint density at radius 3 is 2.47 bits per heavy atom. The maximum Gasteiger partial charge on any atom is 0.254 e. The molecule has 2 heterocycles. The molecule has 3 aromatic carbocycles. The van der Waals surface area contributed by atoms with Gasteiger partial charge in [0.2, 0.25) is 0 Å². The van der Waals surface area contributed by atoms with Crippen LogP contribution in [0.5, 0.6) is 0 Å². The summed E-state index contributed by atoms with van der Waals surface area (Å²) in [5.74, 6) is 1.32. The van der Waals surface area contributed by atoms with Crippen molar-refractivity contribution in [2.45, 2.75) is 25.7 Å². The van der Waals surface area contributed by atoms with E-state index in [0.29, 0.717) is 17.8 Å². The number of allylic oxidation sites excluding steroid dienone is 1. The Morgan fingerprint density at radius 1 is 0.971 bits per heavy atom. The second kappa shape index (κ2) is 10.1. The Bertz CT molecular complexity index is 1160. The van der Waals surface area contributed by atoms with Crippen LogP contribution in [0.1, 0.15) is 41.6 Å². The van der Waals surface area contributed by atoms with Crippen molar-refractivity contribution in [1.29, 1.82) is 0 Å². The van der Waals surface area contributed by atoms with E-state index in [4.69, 9.17) is 0 Å². The molecule has 2 saturated heterocycles. The van der Waals surface area contributed by atoms with Gasteiger partial charge in [-0.05, 0) is 79.2 Å². The molecular formula is C30H33FN2O. The molecule has 0 aromatic heterocycles. The monoisotopic (exact) mass is 456 g/mol. The highest BCUT2D eigenvalue weighted by Crippen LogP contribution is 2.32. The summed E-state index contributed by atoms with van der Waals surface area (Å²) in [6.07, 6.45) is 6.62. The minimum absolute atomic E-state index is 0.142. The molecule has 2 atom stereocenters. The van der Waals surface area contributed by atoms with Gasteiger partial charge in [-0.15, -0.1) is 0 Å². The summed E-state index contributed by atoms with van der Waals surface area (Å²) in [4.78, 5) is 18.2. The number of carbonyl (C=O) groups is 1. The maximum absolute atomic E-state index is 13.5. The van der Waals surface area contributed by atoms with Gasteiger partial charge in [0, 0.05) is 31.1 Å². The zero-order chi connectivity index (χ0) is 23.5. The summed E-state index contributed by atoms with van der Waals surface area (Å²) in [7, 11) is 0. The van der Waals surface area contributed by atoms with Crippen LogP contribution in [0.25, 0.3) is 10.8 Å². The van der Waals surface area contributed by atoms with Crippen LogP contribution in [0.3, 0.4) is 0 Å². The Balaban J connectivity index is 1.24. The smallest absolute Gasteiger partial charge is 0.254 e. The average molecular weight is 457 g/mol. The number of piperidine rings is 1. The third kappa shape index (κ3) is 4.78. The first-order chi connectivity index (χ1) is 16.6. The molecule has 3 nitrogen and oxygen atoms in total. The second-order valence-electron chi connectivity index (χ2n) is 9.81. The van der Waals surface area contributed by atoms with Crippen LogP contribution in [0.4, 0.5) is 4.39 Å². The zero-order valence-corrected chi connectivity index (χ0v) is 19.9. The summed E-state index contributed by atoms with van der Waals surface area (Å²) < 4.78 is 13.3. The van der Waals surface area contributed by atoms with E-state index < -0.39 is 0 Å². The van der Waals surface area contributed by atoms with E-state index in [-0.39, 0.29) is 11.7 Å².